The van der Waals surface area contributed by atoms with Crippen LogP contribution in [-0.2, 0) is 16.0 Å². The van der Waals surface area contributed by atoms with Crippen molar-refractivity contribution in [2.45, 2.75) is 19.4 Å². The molecule has 0 N–H and O–H groups in total. The second kappa shape index (κ2) is 6.71. The topological polar surface area (TPSA) is 26.3 Å². The maximum Gasteiger partial charge on any atom is 0.303 e. The minimum atomic E-state index is -0.371. The van der Waals surface area contributed by atoms with Gasteiger partial charge in [-0.2, -0.15) is 0 Å². The molecule has 0 aliphatic carbocycles. The summed E-state index contributed by atoms with van der Waals surface area (Å²) in [6, 6.07) is 17.8. The second-order valence-corrected chi connectivity index (χ2v) is 4.59. The molecule has 2 aromatic rings. The van der Waals surface area contributed by atoms with Crippen LogP contribution in [0.2, 0.25) is 0 Å². The van der Waals surface area contributed by atoms with Crippen molar-refractivity contribution >= 4 is 5.97 Å². The van der Waals surface area contributed by atoms with E-state index in [1.165, 1.54) is 6.92 Å². The Hall–Kier alpha value is -2.35. The number of esters is 1. The Morgan fingerprint density at radius 2 is 1.80 bits per heavy atom. The van der Waals surface area contributed by atoms with E-state index in [2.05, 4.69) is 6.58 Å². The Bertz CT molecular complexity index is 587. The van der Waals surface area contributed by atoms with Gasteiger partial charge in [-0.15, -0.1) is 6.58 Å². The third-order valence-corrected chi connectivity index (χ3v) is 3.09. The van der Waals surface area contributed by atoms with Gasteiger partial charge in [-0.25, -0.2) is 0 Å². The largest absolute Gasteiger partial charge is 0.453 e. The molecule has 2 heteroatoms. The molecule has 0 fully saturated rings. The van der Waals surface area contributed by atoms with E-state index in [1.807, 2.05) is 60.7 Å². The van der Waals surface area contributed by atoms with E-state index in [4.69, 9.17) is 4.74 Å². The van der Waals surface area contributed by atoms with Crippen molar-refractivity contribution in [1.29, 1.82) is 0 Å². The van der Waals surface area contributed by atoms with E-state index < -0.39 is 0 Å². The summed E-state index contributed by atoms with van der Waals surface area (Å²) in [5.41, 5.74) is 3.10. The second-order valence-electron chi connectivity index (χ2n) is 4.59. The summed E-state index contributed by atoms with van der Waals surface area (Å²) in [6.45, 7) is 5.22. The fourth-order valence-corrected chi connectivity index (χ4v) is 2.24. The van der Waals surface area contributed by atoms with Crippen molar-refractivity contribution in [3.8, 4) is 0 Å². The molecule has 0 amide bonds. The van der Waals surface area contributed by atoms with Crippen LogP contribution in [0.5, 0.6) is 0 Å². The number of carbonyl (C=O) groups excluding carboxylic acids is 1. The number of hydrogen-bond donors (Lipinski definition) is 0. The number of ether oxygens (including phenoxy) is 1. The van der Waals surface area contributed by atoms with Gasteiger partial charge in [-0.05, 0) is 17.5 Å². The zero-order valence-electron chi connectivity index (χ0n) is 11.6. The Morgan fingerprint density at radius 1 is 1.15 bits per heavy atom. The fourth-order valence-electron chi connectivity index (χ4n) is 2.24. The first-order chi connectivity index (χ1) is 9.72. The highest BCUT2D eigenvalue weighted by Crippen LogP contribution is 2.29. The van der Waals surface area contributed by atoms with Gasteiger partial charge >= 0.3 is 5.97 Å². The summed E-state index contributed by atoms with van der Waals surface area (Å²) in [5, 5.41) is 0. The molecule has 0 bridgehead atoms. The fraction of sp³-hybridized carbons (Fsp3) is 0.167. The highest BCUT2D eigenvalue weighted by atomic mass is 16.5. The molecular formula is C18H18O2. The molecule has 0 aliphatic heterocycles. The first kappa shape index (κ1) is 14.1. The third kappa shape index (κ3) is 3.35. The van der Waals surface area contributed by atoms with Crippen LogP contribution in [0.1, 0.15) is 29.7 Å². The van der Waals surface area contributed by atoms with Crippen LogP contribution in [0, 0.1) is 0 Å². The van der Waals surface area contributed by atoms with Gasteiger partial charge in [0.05, 0.1) is 0 Å². The Balaban J connectivity index is 2.46. The van der Waals surface area contributed by atoms with Crippen molar-refractivity contribution in [2.24, 2.45) is 0 Å². The van der Waals surface area contributed by atoms with Crippen LogP contribution < -0.4 is 0 Å². The summed E-state index contributed by atoms with van der Waals surface area (Å²) >= 11 is 0. The van der Waals surface area contributed by atoms with E-state index in [0.29, 0.717) is 0 Å². The average Bonchev–Trinajstić information content (AvgIpc) is 2.47. The smallest absolute Gasteiger partial charge is 0.303 e. The number of carbonyl (C=O) groups is 1. The quantitative estimate of drug-likeness (QED) is 0.602. The molecule has 1 unspecified atom stereocenters. The van der Waals surface area contributed by atoms with Crippen molar-refractivity contribution < 1.29 is 9.53 Å². The van der Waals surface area contributed by atoms with Crippen LogP contribution in [-0.4, -0.2) is 5.97 Å². The molecular weight excluding hydrogens is 248 g/mol. The van der Waals surface area contributed by atoms with E-state index in [1.54, 1.807) is 0 Å². The lowest BCUT2D eigenvalue weighted by molar-refractivity contribution is -0.144. The Labute approximate surface area is 119 Å². The SMILES string of the molecule is C=CCc1ccccc1C(OC(C)=O)c1ccccc1. The minimum Gasteiger partial charge on any atom is -0.453 e. The van der Waals surface area contributed by atoms with Gasteiger partial charge in [-0.3, -0.25) is 4.79 Å². The van der Waals surface area contributed by atoms with Gasteiger partial charge in [0.15, 0.2) is 6.10 Å². The summed E-state index contributed by atoms with van der Waals surface area (Å²) in [5.74, 6) is -0.285. The third-order valence-electron chi connectivity index (χ3n) is 3.09. The van der Waals surface area contributed by atoms with E-state index in [0.717, 1.165) is 23.1 Å². The lowest BCUT2D eigenvalue weighted by Crippen LogP contribution is -2.12. The monoisotopic (exact) mass is 266 g/mol. The molecule has 0 saturated carbocycles. The first-order valence-corrected chi connectivity index (χ1v) is 6.63. The lowest BCUT2D eigenvalue weighted by Gasteiger charge is -2.20. The predicted octanol–water partition coefficient (Wildman–Crippen LogP) is 4.07. The molecule has 0 heterocycles. The summed E-state index contributed by atoms with van der Waals surface area (Å²) in [6.07, 6.45) is 2.24. The predicted molar refractivity (Wildman–Crippen MR) is 80.4 cm³/mol. The molecule has 2 nitrogen and oxygen atoms in total. The van der Waals surface area contributed by atoms with Gasteiger partial charge in [0.25, 0.3) is 0 Å². The maximum atomic E-state index is 11.4. The highest BCUT2D eigenvalue weighted by Gasteiger charge is 2.19. The molecule has 0 radical (unpaired) electrons. The first-order valence-electron chi connectivity index (χ1n) is 6.63. The van der Waals surface area contributed by atoms with Crippen LogP contribution >= 0.6 is 0 Å². The number of allylic oxidation sites excluding steroid dienone is 1. The average molecular weight is 266 g/mol. The van der Waals surface area contributed by atoms with Gasteiger partial charge in [0, 0.05) is 12.5 Å². The highest BCUT2D eigenvalue weighted by molar-refractivity contribution is 5.67. The zero-order chi connectivity index (χ0) is 14.4. The molecule has 1 atom stereocenters. The minimum absolute atomic E-state index is 0.285. The molecule has 0 spiro atoms. The van der Waals surface area contributed by atoms with Crippen LogP contribution in [0.4, 0.5) is 0 Å². The van der Waals surface area contributed by atoms with Crippen LogP contribution in [0.15, 0.2) is 67.3 Å². The molecule has 2 aromatic carbocycles. The van der Waals surface area contributed by atoms with E-state index >= 15 is 0 Å². The summed E-state index contributed by atoms with van der Waals surface area (Å²) < 4.78 is 5.54. The molecule has 0 saturated heterocycles. The van der Waals surface area contributed by atoms with Crippen LogP contribution in [0.25, 0.3) is 0 Å². The Morgan fingerprint density at radius 3 is 2.45 bits per heavy atom. The van der Waals surface area contributed by atoms with Crippen molar-refractivity contribution in [2.75, 3.05) is 0 Å². The van der Waals surface area contributed by atoms with Crippen molar-refractivity contribution in [1.82, 2.24) is 0 Å². The number of hydrogen-bond acceptors (Lipinski definition) is 2. The molecule has 102 valence electrons. The van der Waals surface area contributed by atoms with Crippen molar-refractivity contribution in [3.05, 3.63) is 83.9 Å². The molecule has 0 aromatic heterocycles. The van der Waals surface area contributed by atoms with Gasteiger partial charge < -0.3 is 4.74 Å². The van der Waals surface area contributed by atoms with Gasteiger partial charge in [-0.1, -0.05) is 60.7 Å². The molecule has 2 rings (SSSR count). The number of benzene rings is 2. The van der Waals surface area contributed by atoms with Gasteiger partial charge in [0.2, 0.25) is 0 Å². The zero-order valence-corrected chi connectivity index (χ0v) is 11.6. The standard InChI is InChI=1S/C18H18O2/c1-3-9-15-10-7-8-13-17(15)18(20-14(2)19)16-11-5-4-6-12-16/h3-8,10-13,18H,1,9H2,2H3. The Kier molecular flexibility index (Phi) is 4.72. The van der Waals surface area contributed by atoms with E-state index in [-0.39, 0.29) is 12.1 Å². The van der Waals surface area contributed by atoms with Crippen molar-refractivity contribution in [3.63, 3.8) is 0 Å². The maximum absolute atomic E-state index is 11.4. The number of rotatable bonds is 5. The summed E-state index contributed by atoms with van der Waals surface area (Å²) in [4.78, 5) is 11.4. The van der Waals surface area contributed by atoms with Crippen LogP contribution in [0.3, 0.4) is 0 Å². The van der Waals surface area contributed by atoms with Gasteiger partial charge in [0.1, 0.15) is 0 Å². The van der Waals surface area contributed by atoms with E-state index in [9.17, 15) is 4.79 Å². The lowest BCUT2D eigenvalue weighted by atomic mass is 9.95. The molecule has 0 aliphatic rings. The molecule has 20 heavy (non-hydrogen) atoms. The normalized spacial score (nSPS) is 11.7. The summed E-state index contributed by atoms with van der Waals surface area (Å²) in [7, 11) is 0.